The third-order valence-electron chi connectivity index (χ3n) is 9.04. The van der Waals surface area contributed by atoms with E-state index in [0.29, 0.717) is 74.2 Å². The minimum Gasteiger partial charge on any atom is -0.493 e. The number of amides is 1. The molecular formula is C35H41ClF4N4O3. The van der Waals surface area contributed by atoms with Crippen molar-refractivity contribution in [3.05, 3.63) is 82.6 Å². The van der Waals surface area contributed by atoms with Crippen molar-refractivity contribution in [2.24, 2.45) is 11.7 Å². The van der Waals surface area contributed by atoms with E-state index in [4.69, 9.17) is 22.1 Å². The number of rotatable bonds is 11. The molecule has 12 heteroatoms. The van der Waals surface area contributed by atoms with Crippen LogP contribution in [-0.2, 0) is 17.8 Å². The van der Waals surface area contributed by atoms with E-state index in [2.05, 4.69) is 14.5 Å². The second kappa shape index (κ2) is 15.7. The molecule has 2 aliphatic rings. The summed E-state index contributed by atoms with van der Waals surface area (Å²) in [4.78, 5) is 19.5. The highest BCUT2D eigenvalue weighted by Crippen LogP contribution is 2.35. The second-order valence-corrected chi connectivity index (χ2v) is 12.5. The number of carbonyl (C=O) groups is 1. The van der Waals surface area contributed by atoms with Crippen LogP contribution in [0, 0.1) is 11.7 Å². The van der Waals surface area contributed by atoms with Gasteiger partial charge in [0.15, 0.2) is 0 Å². The van der Waals surface area contributed by atoms with Crippen LogP contribution in [0.3, 0.4) is 0 Å². The Labute approximate surface area is 278 Å². The van der Waals surface area contributed by atoms with E-state index in [1.165, 1.54) is 18.2 Å². The Morgan fingerprint density at radius 1 is 0.957 bits per heavy atom. The zero-order chi connectivity index (χ0) is 33.6. The van der Waals surface area contributed by atoms with Crippen LogP contribution in [0.5, 0.6) is 11.5 Å². The van der Waals surface area contributed by atoms with Crippen molar-refractivity contribution in [2.75, 3.05) is 52.4 Å². The zero-order valence-electron chi connectivity index (χ0n) is 26.4. The first-order valence-corrected chi connectivity index (χ1v) is 16.4. The highest BCUT2D eigenvalue weighted by Gasteiger charge is 2.34. The quantitative estimate of drug-likeness (QED) is 0.238. The van der Waals surface area contributed by atoms with Crippen molar-refractivity contribution in [1.29, 1.82) is 0 Å². The Bertz CT molecular complexity index is 1510. The molecule has 5 rings (SSSR count). The molecule has 0 aliphatic carbocycles. The summed E-state index contributed by atoms with van der Waals surface area (Å²) >= 11 is 6.43. The normalized spacial score (nSPS) is 17.5. The van der Waals surface area contributed by atoms with Gasteiger partial charge in [0.2, 0.25) is 5.91 Å². The average Bonchev–Trinajstić information content (AvgIpc) is 3.05. The van der Waals surface area contributed by atoms with Crippen LogP contribution in [-0.4, -0.2) is 85.4 Å². The van der Waals surface area contributed by atoms with Gasteiger partial charge in [-0.1, -0.05) is 41.9 Å². The molecule has 1 amide bonds. The topological polar surface area (TPSA) is 71.3 Å². The van der Waals surface area contributed by atoms with Gasteiger partial charge in [0.1, 0.15) is 17.3 Å². The predicted octanol–water partition coefficient (Wildman–Crippen LogP) is 6.37. The molecule has 2 aliphatic heterocycles. The van der Waals surface area contributed by atoms with E-state index in [0.717, 1.165) is 37.1 Å². The highest BCUT2D eigenvalue weighted by atomic mass is 35.5. The number of nitrogens with two attached hydrogens (primary N) is 1. The van der Waals surface area contributed by atoms with Crippen LogP contribution in [0.15, 0.2) is 60.7 Å². The predicted molar refractivity (Wildman–Crippen MR) is 174 cm³/mol. The maximum absolute atomic E-state index is 14.5. The molecular weight excluding hydrogens is 636 g/mol. The van der Waals surface area contributed by atoms with Gasteiger partial charge in [0.05, 0.1) is 12.6 Å². The molecule has 2 N–H and O–H groups in total. The largest absolute Gasteiger partial charge is 0.573 e. The van der Waals surface area contributed by atoms with Gasteiger partial charge in [-0.2, -0.15) is 0 Å². The number of benzene rings is 3. The Hall–Kier alpha value is -3.38. The number of alkyl halides is 3. The molecule has 3 aromatic carbocycles. The number of likely N-dealkylation sites (tertiary alicyclic amines) is 1. The van der Waals surface area contributed by atoms with Crippen molar-refractivity contribution in [3.63, 3.8) is 0 Å². The molecule has 2 saturated heterocycles. The lowest BCUT2D eigenvalue weighted by atomic mass is 9.88. The standard InChI is InChI=1S/C35H41ClF4N4O3/c1-2-46-32-9-5-8-31(37)29(32)23-43-18-20-44(21-19-43)34(45)33(41)24-12-15-42(16-13-24)17-14-25-22-26(47-35(38,39)40)10-11-27(25)28-6-3-4-7-30(28)36/h3-11,22,24,33H,2,12-21,23,41H2,1H3/t33-/m1/s1. The van der Waals surface area contributed by atoms with Gasteiger partial charge >= 0.3 is 6.36 Å². The minimum absolute atomic E-state index is 0.0335. The molecule has 7 nitrogen and oxygen atoms in total. The number of piperazine rings is 1. The maximum Gasteiger partial charge on any atom is 0.573 e. The Balaban J connectivity index is 1.12. The molecule has 254 valence electrons. The van der Waals surface area contributed by atoms with Crippen LogP contribution in [0.1, 0.15) is 30.9 Å². The third kappa shape index (κ3) is 9.16. The lowest BCUT2D eigenvalue weighted by Gasteiger charge is -2.39. The smallest absolute Gasteiger partial charge is 0.493 e. The fourth-order valence-corrected chi connectivity index (χ4v) is 6.71. The van der Waals surface area contributed by atoms with E-state index >= 15 is 0 Å². The van der Waals surface area contributed by atoms with Gasteiger partial charge < -0.3 is 25.0 Å². The summed E-state index contributed by atoms with van der Waals surface area (Å²) in [5.41, 5.74) is 9.26. The molecule has 0 aromatic heterocycles. The first-order chi connectivity index (χ1) is 22.5. The SMILES string of the molecule is CCOc1cccc(F)c1CN1CCN(C(=O)[C@H](N)C2CCN(CCc3cc(OC(F)(F)F)ccc3-c3ccccc3Cl)CC2)CC1. The number of ether oxygens (including phenoxy) is 2. The summed E-state index contributed by atoms with van der Waals surface area (Å²) < 4.78 is 63.2. The molecule has 47 heavy (non-hydrogen) atoms. The summed E-state index contributed by atoms with van der Waals surface area (Å²) in [5, 5.41) is 0.514. The van der Waals surface area contributed by atoms with Gasteiger partial charge in [-0.05, 0) is 86.7 Å². The van der Waals surface area contributed by atoms with Crippen molar-refractivity contribution in [1.82, 2.24) is 14.7 Å². The fraction of sp³-hybridized carbons (Fsp3) is 0.457. The summed E-state index contributed by atoms with van der Waals surface area (Å²) in [6, 6.07) is 15.8. The Morgan fingerprint density at radius 3 is 2.36 bits per heavy atom. The van der Waals surface area contributed by atoms with Gasteiger partial charge in [-0.15, -0.1) is 13.2 Å². The number of piperidine rings is 1. The second-order valence-electron chi connectivity index (χ2n) is 12.1. The van der Waals surface area contributed by atoms with Crippen molar-refractivity contribution in [3.8, 4) is 22.6 Å². The molecule has 0 unspecified atom stereocenters. The fourth-order valence-electron chi connectivity index (χ4n) is 6.48. The molecule has 0 spiro atoms. The molecule has 2 heterocycles. The molecule has 1 atom stereocenters. The summed E-state index contributed by atoms with van der Waals surface area (Å²) in [6.45, 7) is 7.08. The van der Waals surface area contributed by atoms with Crippen LogP contribution < -0.4 is 15.2 Å². The van der Waals surface area contributed by atoms with Gasteiger partial charge in [0, 0.05) is 55.4 Å². The minimum atomic E-state index is -4.79. The molecule has 3 aromatic rings. The molecule has 0 radical (unpaired) electrons. The Morgan fingerprint density at radius 2 is 1.68 bits per heavy atom. The van der Waals surface area contributed by atoms with Gasteiger partial charge in [-0.3, -0.25) is 9.69 Å². The van der Waals surface area contributed by atoms with E-state index in [-0.39, 0.29) is 23.4 Å². The Kier molecular flexibility index (Phi) is 11.7. The molecule has 2 fully saturated rings. The van der Waals surface area contributed by atoms with Gasteiger partial charge in [0.25, 0.3) is 0 Å². The van der Waals surface area contributed by atoms with Crippen molar-refractivity contribution < 1.29 is 31.8 Å². The number of carbonyl (C=O) groups excluding carboxylic acids is 1. The number of halogens is 5. The zero-order valence-corrected chi connectivity index (χ0v) is 27.2. The maximum atomic E-state index is 14.5. The van der Waals surface area contributed by atoms with E-state index in [1.54, 1.807) is 30.3 Å². The highest BCUT2D eigenvalue weighted by molar-refractivity contribution is 6.33. The first kappa shape index (κ1) is 34.9. The van der Waals surface area contributed by atoms with Crippen LogP contribution in [0.25, 0.3) is 11.1 Å². The van der Waals surface area contributed by atoms with Crippen LogP contribution >= 0.6 is 11.6 Å². The van der Waals surface area contributed by atoms with E-state index in [1.807, 2.05) is 24.0 Å². The average molecular weight is 677 g/mol. The number of nitrogens with zero attached hydrogens (tertiary/aromatic N) is 3. The molecule has 0 bridgehead atoms. The lowest BCUT2D eigenvalue weighted by Crippen LogP contribution is -2.55. The van der Waals surface area contributed by atoms with Crippen molar-refractivity contribution in [2.45, 2.75) is 45.1 Å². The first-order valence-electron chi connectivity index (χ1n) is 16.0. The van der Waals surface area contributed by atoms with E-state index < -0.39 is 12.4 Å². The monoisotopic (exact) mass is 676 g/mol. The summed E-state index contributed by atoms with van der Waals surface area (Å²) in [5.74, 6) is -0.0481. The van der Waals surface area contributed by atoms with Crippen LogP contribution in [0.2, 0.25) is 5.02 Å². The van der Waals surface area contributed by atoms with Crippen LogP contribution in [0.4, 0.5) is 17.6 Å². The summed E-state index contributed by atoms with van der Waals surface area (Å²) in [7, 11) is 0. The number of hydrogen-bond acceptors (Lipinski definition) is 6. The number of hydrogen-bond donors (Lipinski definition) is 1. The van der Waals surface area contributed by atoms with E-state index in [9.17, 15) is 22.4 Å². The lowest BCUT2D eigenvalue weighted by molar-refractivity contribution is -0.274. The molecule has 0 saturated carbocycles. The van der Waals surface area contributed by atoms with Crippen molar-refractivity contribution >= 4 is 17.5 Å². The summed E-state index contributed by atoms with van der Waals surface area (Å²) in [6.07, 6.45) is -2.80. The van der Waals surface area contributed by atoms with Gasteiger partial charge in [-0.25, -0.2) is 4.39 Å². The third-order valence-corrected chi connectivity index (χ3v) is 9.37.